The van der Waals surface area contributed by atoms with E-state index in [1.807, 2.05) is 12.2 Å². The van der Waals surface area contributed by atoms with Crippen LogP contribution in [0.1, 0.15) is 25.7 Å². The maximum absolute atomic E-state index is 12.0. The molecule has 5 heteroatoms. The SMILES string of the molecule is C=CC(=O)[O][Ti]1([O]C(=O)C=C)[C]2=C(C=CC2)CCC2=[C]1CC=C2. The molecule has 0 aromatic carbocycles. The molecule has 0 spiro atoms. The van der Waals surface area contributed by atoms with Crippen LogP contribution in [0, 0.1) is 0 Å². The predicted molar refractivity (Wildman–Crippen MR) is 83.4 cm³/mol. The van der Waals surface area contributed by atoms with E-state index in [-0.39, 0.29) is 0 Å². The third-order valence-electron chi connectivity index (χ3n) is 4.34. The van der Waals surface area contributed by atoms with Gasteiger partial charge in [-0.1, -0.05) is 0 Å². The Balaban J connectivity index is 2.16. The Bertz CT molecular complexity index is 659. The van der Waals surface area contributed by atoms with E-state index in [0.717, 1.165) is 43.9 Å². The quantitative estimate of drug-likeness (QED) is 0.576. The zero-order valence-electron chi connectivity index (χ0n) is 12.8. The van der Waals surface area contributed by atoms with E-state index < -0.39 is 29.3 Å². The minimum atomic E-state index is -4.02. The number of allylic oxidation sites excluding steroid dienone is 8. The van der Waals surface area contributed by atoms with Crippen molar-refractivity contribution >= 4 is 11.9 Å². The van der Waals surface area contributed by atoms with Crippen LogP contribution >= 0.6 is 0 Å². The van der Waals surface area contributed by atoms with Gasteiger partial charge in [0.15, 0.2) is 0 Å². The summed E-state index contributed by atoms with van der Waals surface area (Å²) in [6, 6.07) is 0. The Morgan fingerprint density at radius 2 is 1.35 bits per heavy atom. The molecular weight excluding hydrogens is 328 g/mol. The van der Waals surface area contributed by atoms with Gasteiger partial charge in [0, 0.05) is 0 Å². The van der Waals surface area contributed by atoms with Gasteiger partial charge in [-0.2, -0.15) is 0 Å². The molecule has 0 fully saturated rings. The van der Waals surface area contributed by atoms with Crippen LogP contribution in [-0.2, 0) is 33.6 Å². The fourth-order valence-electron chi connectivity index (χ4n) is 3.35. The van der Waals surface area contributed by atoms with Crippen molar-refractivity contribution in [3.63, 3.8) is 0 Å². The van der Waals surface area contributed by atoms with Crippen LogP contribution in [-0.4, -0.2) is 11.9 Å². The first-order valence-corrected chi connectivity index (χ1v) is 10.4. The van der Waals surface area contributed by atoms with E-state index in [2.05, 4.69) is 25.3 Å². The number of rotatable bonds is 4. The first-order valence-electron chi connectivity index (χ1n) is 7.59. The zero-order chi connectivity index (χ0) is 16.4. The molecule has 0 radical (unpaired) electrons. The van der Waals surface area contributed by atoms with E-state index in [9.17, 15) is 9.59 Å². The number of hydrogen-bond acceptors (Lipinski definition) is 4. The van der Waals surface area contributed by atoms with Crippen LogP contribution in [0.3, 0.4) is 0 Å². The summed E-state index contributed by atoms with van der Waals surface area (Å²) in [6.45, 7) is 6.96. The molecular formula is C18H18O4Ti. The van der Waals surface area contributed by atoms with E-state index in [1.54, 1.807) is 0 Å². The van der Waals surface area contributed by atoms with Crippen molar-refractivity contribution < 1.29 is 33.6 Å². The van der Waals surface area contributed by atoms with Crippen molar-refractivity contribution in [1.29, 1.82) is 0 Å². The Morgan fingerprint density at radius 1 is 0.913 bits per heavy atom. The van der Waals surface area contributed by atoms with Crippen molar-refractivity contribution in [3.05, 3.63) is 68.5 Å². The average molecular weight is 346 g/mol. The second kappa shape index (κ2) is 6.30. The fourth-order valence-corrected chi connectivity index (χ4v) is 9.07. The third-order valence-corrected chi connectivity index (χ3v) is 9.99. The fraction of sp³-hybridized carbons (Fsp3) is 0.222. The van der Waals surface area contributed by atoms with Crippen LogP contribution in [0.2, 0.25) is 0 Å². The molecule has 0 N–H and O–H groups in total. The van der Waals surface area contributed by atoms with Gasteiger partial charge in [0.25, 0.3) is 0 Å². The molecule has 0 saturated heterocycles. The Morgan fingerprint density at radius 3 is 1.74 bits per heavy atom. The normalized spacial score (nSPS) is 20.7. The van der Waals surface area contributed by atoms with Crippen LogP contribution in [0.25, 0.3) is 0 Å². The maximum atomic E-state index is 12.0. The second-order valence-electron chi connectivity index (χ2n) is 5.59. The summed E-state index contributed by atoms with van der Waals surface area (Å²) >= 11 is -4.02. The van der Waals surface area contributed by atoms with Crippen LogP contribution in [0.15, 0.2) is 68.5 Å². The molecule has 3 rings (SSSR count). The van der Waals surface area contributed by atoms with Crippen LogP contribution < -0.4 is 0 Å². The average Bonchev–Trinajstić information content (AvgIpc) is 3.19. The third kappa shape index (κ3) is 2.73. The van der Waals surface area contributed by atoms with Gasteiger partial charge in [0.1, 0.15) is 0 Å². The van der Waals surface area contributed by atoms with Crippen molar-refractivity contribution in [2.24, 2.45) is 0 Å². The van der Waals surface area contributed by atoms with E-state index in [4.69, 9.17) is 6.64 Å². The van der Waals surface area contributed by atoms with E-state index in [1.165, 1.54) is 0 Å². The monoisotopic (exact) mass is 346 g/mol. The molecule has 118 valence electrons. The first kappa shape index (κ1) is 16.0. The number of carbonyl (C=O) groups is 2. The molecule has 0 aromatic heterocycles. The topological polar surface area (TPSA) is 52.6 Å². The molecule has 2 aliphatic carbocycles. The van der Waals surface area contributed by atoms with Gasteiger partial charge in [-0.05, 0) is 0 Å². The molecule has 0 saturated carbocycles. The summed E-state index contributed by atoms with van der Waals surface area (Å²) in [5.74, 6) is -1.08. The van der Waals surface area contributed by atoms with E-state index in [0.29, 0.717) is 12.8 Å². The summed E-state index contributed by atoms with van der Waals surface area (Å²) in [5.41, 5.74) is 2.28. The van der Waals surface area contributed by atoms with Gasteiger partial charge in [0.2, 0.25) is 0 Å². The Hall–Kier alpha value is -1.91. The summed E-state index contributed by atoms with van der Waals surface area (Å²) in [6.07, 6.45) is 13.6. The molecule has 4 nitrogen and oxygen atoms in total. The second-order valence-corrected chi connectivity index (χ2v) is 10.0. The molecule has 1 heterocycles. The summed E-state index contributed by atoms with van der Waals surface area (Å²) < 4.78 is 13.7. The van der Waals surface area contributed by atoms with Gasteiger partial charge in [0.05, 0.1) is 0 Å². The standard InChI is InChI=1S/C12H12.2C3H4O2.Ti/c1-2-6-11(5-1)9-10-12-7-3-4-8-12;2*1-2-3(4)5;/h1,3,5,7H,2,4,9-10H2;2*2H,1H2,(H,4,5);/q;;;+2/p-2. The van der Waals surface area contributed by atoms with Crippen molar-refractivity contribution in [2.75, 3.05) is 0 Å². The summed E-state index contributed by atoms with van der Waals surface area (Å²) in [5, 5.41) is 0. The Kier molecular flexibility index (Phi) is 4.38. The molecule has 0 amide bonds. The van der Waals surface area contributed by atoms with Gasteiger partial charge in [-0.15, -0.1) is 0 Å². The summed E-state index contributed by atoms with van der Waals surface area (Å²) in [4.78, 5) is 24.1. The Labute approximate surface area is 139 Å². The molecule has 0 bridgehead atoms. The van der Waals surface area contributed by atoms with Gasteiger partial charge in [-0.25, -0.2) is 0 Å². The van der Waals surface area contributed by atoms with Gasteiger partial charge < -0.3 is 0 Å². The molecule has 3 aliphatic rings. The first-order chi connectivity index (χ1) is 11.1. The van der Waals surface area contributed by atoms with Gasteiger partial charge >= 0.3 is 140 Å². The molecule has 0 unspecified atom stereocenters. The summed E-state index contributed by atoms with van der Waals surface area (Å²) in [7, 11) is 0. The molecule has 1 aliphatic heterocycles. The number of hydrogen-bond donors (Lipinski definition) is 0. The van der Waals surface area contributed by atoms with Crippen molar-refractivity contribution in [3.8, 4) is 0 Å². The van der Waals surface area contributed by atoms with Crippen molar-refractivity contribution in [2.45, 2.75) is 25.7 Å². The van der Waals surface area contributed by atoms with Crippen LogP contribution in [0.5, 0.6) is 0 Å². The molecule has 0 aromatic rings. The molecule has 23 heavy (non-hydrogen) atoms. The van der Waals surface area contributed by atoms with Gasteiger partial charge in [-0.3, -0.25) is 0 Å². The van der Waals surface area contributed by atoms with Crippen LogP contribution in [0.4, 0.5) is 0 Å². The predicted octanol–water partition coefficient (Wildman–Crippen LogP) is 3.65. The van der Waals surface area contributed by atoms with E-state index >= 15 is 0 Å². The zero-order valence-corrected chi connectivity index (χ0v) is 14.4. The molecule has 0 atom stereocenters. The number of carbonyl (C=O) groups excluding carboxylic acids is 2. The minimum absolute atomic E-state index is 0.540. The van der Waals surface area contributed by atoms with Crippen molar-refractivity contribution in [1.82, 2.24) is 0 Å².